The van der Waals surface area contributed by atoms with Crippen molar-refractivity contribution in [3.63, 3.8) is 0 Å². The maximum Gasteiger partial charge on any atom is 0.411 e. The molecule has 1 aliphatic heterocycles. The summed E-state index contributed by atoms with van der Waals surface area (Å²) in [5, 5.41) is 6.81. The van der Waals surface area contributed by atoms with Crippen LogP contribution in [0.4, 0.5) is 13.2 Å². The number of nitrogens with one attached hydrogen (secondary N) is 2. The maximum atomic E-state index is 12.1. The van der Waals surface area contributed by atoms with Crippen molar-refractivity contribution in [2.45, 2.75) is 65.0 Å². The summed E-state index contributed by atoms with van der Waals surface area (Å²) in [6.07, 6.45) is -2.11. The molecule has 0 aliphatic carbocycles. The van der Waals surface area contributed by atoms with Gasteiger partial charge in [-0.15, -0.1) is 24.0 Å². The zero-order valence-corrected chi connectivity index (χ0v) is 20.3. The second-order valence-electron chi connectivity index (χ2n) is 7.67. The van der Waals surface area contributed by atoms with E-state index in [4.69, 9.17) is 0 Å². The fraction of sp³-hybridized carbons (Fsp3) is 0.667. The van der Waals surface area contributed by atoms with Crippen LogP contribution in [0.1, 0.15) is 44.7 Å². The number of guanidine groups is 1. The number of aliphatic imine (C=N–C) groups is 1. The summed E-state index contributed by atoms with van der Waals surface area (Å²) in [5.74, 6) is 0.799. The van der Waals surface area contributed by atoms with Gasteiger partial charge in [0.05, 0.1) is 13.2 Å². The molecule has 9 heteroatoms. The number of ether oxygens (including phenoxy) is 1. The Bertz CT molecular complexity index is 630. The average Bonchev–Trinajstić information content (AvgIpc) is 2.67. The first-order valence-corrected chi connectivity index (χ1v) is 10.3. The number of piperidine rings is 1. The summed E-state index contributed by atoms with van der Waals surface area (Å²) >= 11 is 0. The van der Waals surface area contributed by atoms with Crippen molar-refractivity contribution in [1.82, 2.24) is 15.5 Å². The van der Waals surface area contributed by atoms with Crippen LogP contribution in [0.2, 0.25) is 0 Å². The minimum absolute atomic E-state index is 0. The van der Waals surface area contributed by atoms with Crippen LogP contribution in [0.5, 0.6) is 0 Å². The summed E-state index contributed by atoms with van der Waals surface area (Å²) in [4.78, 5) is 7.15. The lowest BCUT2D eigenvalue weighted by Gasteiger charge is -2.35. The van der Waals surface area contributed by atoms with Gasteiger partial charge < -0.3 is 20.3 Å². The van der Waals surface area contributed by atoms with Crippen LogP contribution in [-0.4, -0.2) is 55.4 Å². The molecule has 0 amide bonds. The number of alkyl halides is 3. The minimum Gasteiger partial charge on any atom is -0.367 e. The van der Waals surface area contributed by atoms with E-state index in [1.165, 1.54) is 0 Å². The van der Waals surface area contributed by atoms with Crippen molar-refractivity contribution < 1.29 is 17.9 Å². The summed E-state index contributed by atoms with van der Waals surface area (Å²) < 4.78 is 41.1. The zero-order chi connectivity index (χ0) is 21.3. The van der Waals surface area contributed by atoms with Crippen molar-refractivity contribution in [3.05, 3.63) is 35.4 Å². The first-order valence-electron chi connectivity index (χ1n) is 10.3. The van der Waals surface area contributed by atoms with Gasteiger partial charge in [-0.2, -0.15) is 13.2 Å². The molecule has 0 spiro atoms. The van der Waals surface area contributed by atoms with Gasteiger partial charge in [0, 0.05) is 31.7 Å². The van der Waals surface area contributed by atoms with Crippen molar-refractivity contribution in [2.24, 2.45) is 4.99 Å². The van der Waals surface area contributed by atoms with Gasteiger partial charge in [-0.25, -0.2) is 4.99 Å². The number of nitrogens with zero attached hydrogens (tertiary/aromatic N) is 2. The fourth-order valence-corrected chi connectivity index (χ4v) is 3.27. The lowest BCUT2D eigenvalue weighted by atomic mass is 10.0. The third-order valence-corrected chi connectivity index (χ3v) is 4.92. The molecule has 30 heavy (non-hydrogen) atoms. The second-order valence-corrected chi connectivity index (χ2v) is 7.67. The number of halogens is 4. The largest absolute Gasteiger partial charge is 0.411 e. The van der Waals surface area contributed by atoms with Crippen molar-refractivity contribution in [1.29, 1.82) is 0 Å². The van der Waals surface area contributed by atoms with E-state index in [9.17, 15) is 13.2 Å². The van der Waals surface area contributed by atoms with Gasteiger partial charge in [-0.3, -0.25) is 0 Å². The minimum atomic E-state index is -4.30. The summed E-state index contributed by atoms with van der Waals surface area (Å²) in [7, 11) is 0. The summed E-state index contributed by atoms with van der Waals surface area (Å²) in [6.45, 7) is 8.68. The first kappa shape index (κ1) is 27.0. The van der Waals surface area contributed by atoms with E-state index in [1.807, 2.05) is 19.1 Å². The van der Waals surface area contributed by atoms with Gasteiger partial charge in [-0.1, -0.05) is 24.3 Å². The molecule has 0 aromatic heterocycles. The molecule has 0 atom stereocenters. The van der Waals surface area contributed by atoms with Gasteiger partial charge in [0.25, 0.3) is 0 Å². The highest BCUT2D eigenvalue weighted by Gasteiger charge is 2.27. The molecule has 0 bridgehead atoms. The van der Waals surface area contributed by atoms with E-state index in [0.717, 1.165) is 44.0 Å². The predicted molar refractivity (Wildman–Crippen MR) is 125 cm³/mol. The molecule has 1 aromatic rings. The van der Waals surface area contributed by atoms with Crippen LogP contribution in [0, 0.1) is 0 Å². The molecule has 0 radical (unpaired) electrons. The average molecular weight is 542 g/mol. The SMILES string of the molecule is CCNC(=NCc1ccc(COCC(F)(F)F)cc1)NC1CCN(C(C)C)CC1.I. The summed E-state index contributed by atoms with van der Waals surface area (Å²) in [6, 6.07) is 8.31. The van der Waals surface area contributed by atoms with E-state index in [2.05, 4.69) is 39.1 Å². The molecule has 2 N–H and O–H groups in total. The quantitative estimate of drug-likeness (QED) is 0.292. The number of likely N-dealkylation sites (tertiary alicyclic amines) is 1. The summed E-state index contributed by atoms with van der Waals surface area (Å²) in [5.41, 5.74) is 1.71. The first-order chi connectivity index (χ1) is 13.8. The topological polar surface area (TPSA) is 48.9 Å². The number of benzene rings is 1. The van der Waals surface area contributed by atoms with Crippen molar-refractivity contribution >= 4 is 29.9 Å². The van der Waals surface area contributed by atoms with Gasteiger partial charge >= 0.3 is 6.18 Å². The van der Waals surface area contributed by atoms with Crippen molar-refractivity contribution in [3.8, 4) is 0 Å². The standard InChI is InChI=1S/C21H33F3N4O.HI/c1-4-25-20(27-19-9-11-28(12-10-19)16(2)3)26-13-17-5-7-18(8-6-17)14-29-15-21(22,23)24;/h5-8,16,19H,4,9-15H2,1-3H3,(H2,25,26,27);1H. The Labute approximate surface area is 194 Å². The van der Waals surface area contributed by atoms with Gasteiger partial charge in [0.2, 0.25) is 0 Å². The van der Waals surface area contributed by atoms with E-state index >= 15 is 0 Å². The third-order valence-electron chi connectivity index (χ3n) is 4.92. The Morgan fingerprint density at radius 3 is 2.30 bits per heavy atom. The van der Waals surface area contributed by atoms with E-state index in [-0.39, 0.29) is 30.6 Å². The number of hydrogen-bond donors (Lipinski definition) is 2. The molecule has 1 aliphatic rings. The van der Waals surface area contributed by atoms with Crippen LogP contribution in [0.3, 0.4) is 0 Å². The van der Waals surface area contributed by atoms with Gasteiger partial charge in [-0.05, 0) is 44.7 Å². The van der Waals surface area contributed by atoms with Crippen LogP contribution in [0.25, 0.3) is 0 Å². The molecule has 0 unspecified atom stereocenters. The highest BCUT2D eigenvalue weighted by atomic mass is 127. The smallest absolute Gasteiger partial charge is 0.367 e. The third kappa shape index (κ3) is 10.3. The Hall–Kier alpha value is -1.07. The molecule has 1 aromatic carbocycles. The Balaban J connectivity index is 0.00000450. The Morgan fingerprint density at radius 1 is 1.17 bits per heavy atom. The maximum absolute atomic E-state index is 12.1. The molecule has 172 valence electrons. The van der Waals surface area contributed by atoms with Gasteiger partial charge in [0.1, 0.15) is 6.61 Å². The normalized spacial score (nSPS) is 16.4. The fourth-order valence-electron chi connectivity index (χ4n) is 3.27. The van der Waals surface area contributed by atoms with E-state index in [1.54, 1.807) is 12.1 Å². The number of rotatable bonds is 8. The van der Waals surface area contributed by atoms with Crippen LogP contribution in [-0.2, 0) is 17.9 Å². The lowest BCUT2D eigenvalue weighted by molar-refractivity contribution is -0.176. The molecule has 2 rings (SSSR count). The molecule has 1 fully saturated rings. The van der Waals surface area contributed by atoms with Crippen LogP contribution < -0.4 is 10.6 Å². The Kier molecular flexibility index (Phi) is 12.0. The lowest BCUT2D eigenvalue weighted by Crippen LogP contribution is -2.49. The number of hydrogen-bond acceptors (Lipinski definition) is 3. The molecule has 5 nitrogen and oxygen atoms in total. The highest BCUT2D eigenvalue weighted by Crippen LogP contribution is 2.16. The molecule has 1 saturated heterocycles. The van der Waals surface area contributed by atoms with Crippen LogP contribution in [0.15, 0.2) is 29.3 Å². The van der Waals surface area contributed by atoms with Gasteiger partial charge in [0.15, 0.2) is 5.96 Å². The highest BCUT2D eigenvalue weighted by molar-refractivity contribution is 14.0. The molecule has 0 saturated carbocycles. The van der Waals surface area contributed by atoms with E-state index in [0.29, 0.717) is 24.2 Å². The second kappa shape index (κ2) is 13.4. The molecular formula is C21H34F3IN4O. The Morgan fingerprint density at radius 2 is 1.77 bits per heavy atom. The predicted octanol–water partition coefficient (Wildman–Crippen LogP) is 4.31. The monoisotopic (exact) mass is 542 g/mol. The zero-order valence-electron chi connectivity index (χ0n) is 18.0. The molecule has 1 heterocycles. The molecular weight excluding hydrogens is 508 g/mol. The van der Waals surface area contributed by atoms with E-state index < -0.39 is 12.8 Å². The van der Waals surface area contributed by atoms with Crippen LogP contribution >= 0.6 is 24.0 Å². The van der Waals surface area contributed by atoms with Crippen molar-refractivity contribution in [2.75, 3.05) is 26.2 Å².